The zero-order valence-electron chi connectivity index (χ0n) is 13.0. The van der Waals surface area contributed by atoms with E-state index in [0.717, 1.165) is 38.7 Å². The van der Waals surface area contributed by atoms with E-state index in [1.807, 2.05) is 11.8 Å². The highest BCUT2D eigenvalue weighted by Crippen LogP contribution is 2.17. The number of piperidine rings is 1. The third-order valence-electron chi connectivity index (χ3n) is 4.17. The molecule has 7 heteroatoms. The molecule has 0 aliphatic carbocycles. The van der Waals surface area contributed by atoms with Gasteiger partial charge in [-0.15, -0.1) is 24.0 Å². The molecule has 2 heterocycles. The highest BCUT2D eigenvalue weighted by molar-refractivity contribution is 14.0. The van der Waals surface area contributed by atoms with E-state index >= 15 is 0 Å². The monoisotopic (exact) mass is 428 g/mol. The Hall–Kier alpha value is 0.270. The average Bonchev–Trinajstić information content (AvgIpc) is 2.52. The van der Waals surface area contributed by atoms with Crippen molar-refractivity contribution in [3.63, 3.8) is 0 Å². The van der Waals surface area contributed by atoms with Crippen LogP contribution in [0.4, 0.5) is 0 Å². The molecular formula is C14H29IN4OS. The van der Waals surface area contributed by atoms with E-state index in [1.54, 1.807) is 7.11 Å². The number of halogens is 1. The number of rotatable bonds is 5. The predicted molar refractivity (Wildman–Crippen MR) is 102 cm³/mol. The summed E-state index contributed by atoms with van der Waals surface area (Å²) in [4.78, 5) is 9.33. The first kappa shape index (κ1) is 19.3. The van der Waals surface area contributed by atoms with Crippen LogP contribution in [0, 0.1) is 5.92 Å². The van der Waals surface area contributed by atoms with Crippen molar-refractivity contribution in [2.75, 3.05) is 64.5 Å². The summed E-state index contributed by atoms with van der Waals surface area (Å²) in [6.07, 6.45) is 2.46. The van der Waals surface area contributed by atoms with Gasteiger partial charge in [-0.3, -0.25) is 4.99 Å². The molecule has 124 valence electrons. The van der Waals surface area contributed by atoms with Gasteiger partial charge in [0, 0.05) is 44.8 Å². The van der Waals surface area contributed by atoms with Gasteiger partial charge in [0.15, 0.2) is 5.96 Å². The number of likely N-dealkylation sites (tertiary alicyclic amines) is 1. The Morgan fingerprint density at radius 3 is 2.52 bits per heavy atom. The maximum Gasteiger partial charge on any atom is 0.191 e. The molecule has 5 nitrogen and oxygen atoms in total. The molecule has 0 radical (unpaired) electrons. The van der Waals surface area contributed by atoms with Crippen molar-refractivity contribution < 1.29 is 4.74 Å². The summed E-state index contributed by atoms with van der Waals surface area (Å²) >= 11 is 2.00. The third-order valence-corrected chi connectivity index (χ3v) is 5.11. The van der Waals surface area contributed by atoms with Gasteiger partial charge in [0.1, 0.15) is 0 Å². The summed E-state index contributed by atoms with van der Waals surface area (Å²) in [5.74, 6) is 3.81. The average molecular weight is 428 g/mol. The van der Waals surface area contributed by atoms with E-state index < -0.39 is 0 Å². The van der Waals surface area contributed by atoms with Crippen LogP contribution in [0.1, 0.15) is 12.8 Å². The number of guanidine groups is 1. The number of nitrogens with two attached hydrogens (primary N) is 1. The maximum absolute atomic E-state index is 6.10. The standard InChI is InChI=1S/C14H28N4OS.HI/c1-19-9-6-17-4-2-13(3-5-17)12-16-14(15)18-7-10-20-11-8-18;/h13H,2-12H2,1H3,(H2,15,16);1H. The predicted octanol–water partition coefficient (Wildman–Crippen LogP) is 1.33. The summed E-state index contributed by atoms with van der Waals surface area (Å²) in [6.45, 7) is 7.23. The lowest BCUT2D eigenvalue weighted by atomic mass is 9.97. The normalized spacial score (nSPS) is 22.1. The van der Waals surface area contributed by atoms with Crippen LogP contribution in [0.25, 0.3) is 0 Å². The van der Waals surface area contributed by atoms with Gasteiger partial charge in [0.05, 0.1) is 6.61 Å². The number of methoxy groups -OCH3 is 1. The van der Waals surface area contributed by atoms with Crippen molar-refractivity contribution in [2.45, 2.75) is 12.8 Å². The molecule has 2 aliphatic heterocycles. The lowest BCUT2D eigenvalue weighted by Crippen LogP contribution is -2.43. The zero-order valence-corrected chi connectivity index (χ0v) is 16.1. The number of ether oxygens (including phenoxy) is 1. The van der Waals surface area contributed by atoms with Gasteiger partial charge in [0.25, 0.3) is 0 Å². The molecule has 0 saturated carbocycles. The fourth-order valence-electron chi connectivity index (χ4n) is 2.73. The highest BCUT2D eigenvalue weighted by Gasteiger charge is 2.19. The second kappa shape index (κ2) is 10.9. The second-order valence-electron chi connectivity index (χ2n) is 5.58. The zero-order chi connectivity index (χ0) is 14.2. The van der Waals surface area contributed by atoms with Crippen molar-refractivity contribution in [3.05, 3.63) is 0 Å². The third kappa shape index (κ3) is 6.92. The molecule has 0 aromatic rings. The fraction of sp³-hybridized carbons (Fsp3) is 0.929. The van der Waals surface area contributed by atoms with Crippen molar-refractivity contribution >= 4 is 41.7 Å². The van der Waals surface area contributed by atoms with E-state index in [9.17, 15) is 0 Å². The minimum atomic E-state index is 0. The van der Waals surface area contributed by atoms with E-state index in [2.05, 4.69) is 14.8 Å². The van der Waals surface area contributed by atoms with E-state index in [4.69, 9.17) is 10.5 Å². The second-order valence-corrected chi connectivity index (χ2v) is 6.80. The van der Waals surface area contributed by atoms with Gasteiger partial charge in [-0.1, -0.05) is 0 Å². The SMILES string of the molecule is COCCN1CCC(CN=C(N)N2CCSCC2)CC1.I. The van der Waals surface area contributed by atoms with Gasteiger partial charge in [0.2, 0.25) is 0 Å². The van der Waals surface area contributed by atoms with Crippen LogP contribution in [0.3, 0.4) is 0 Å². The molecule has 2 N–H and O–H groups in total. The van der Waals surface area contributed by atoms with Gasteiger partial charge in [-0.25, -0.2) is 0 Å². The van der Waals surface area contributed by atoms with Gasteiger partial charge in [-0.05, 0) is 31.8 Å². The number of nitrogens with zero attached hydrogens (tertiary/aromatic N) is 3. The summed E-state index contributed by atoms with van der Waals surface area (Å²) in [7, 11) is 1.77. The molecule has 0 unspecified atom stereocenters. The van der Waals surface area contributed by atoms with E-state index in [-0.39, 0.29) is 24.0 Å². The quantitative estimate of drug-likeness (QED) is 0.407. The Bertz CT molecular complexity index is 305. The number of aliphatic imine (C=N–C) groups is 1. The van der Waals surface area contributed by atoms with Crippen LogP contribution in [-0.4, -0.2) is 80.3 Å². The van der Waals surface area contributed by atoms with Crippen LogP contribution in [0.15, 0.2) is 4.99 Å². The summed E-state index contributed by atoms with van der Waals surface area (Å²) in [6, 6.07) is 0. The molecular weight excluding hydrogens is 399 g/mol. The molecule has 2 rings (SSSR count). The van der Waals surface area contributed by atoms with Crippen LogP contribution in [-0.2, 0) is 4.74 Å². The first-order valence-corrected chi connectivity index (χ1v) is 8.79. The Labute approximate surface area is 150 Å². The molecule has 0 aromatic heterocycles. The van der Waals surface area contributed by atoms with Crippen molar-refractivity contribution in [2.24, 2.45) is 16.6 Å². The molecule has 0 amide bonds. The lowest BCUT2D eigenvalue weighted by Gasteiger charge is -2.31. The molecule has 2 fully saturated rings. The highest BCUT2D eigenvalue weighted by atomic mass is 127. The molecule has 2 saturated heterocycles. The molecule has 0 bridgehead atoms. The van der Waals surface area contributed by atoms with Crippen LogP contribution in [0.2, 0.25) is 0 Å². The van der Waals surface area contributed by atoms with Crippen molar-refractivity contribution in [3.8, 4) is 0 Å². The molecule has 21 heavy (non-hydrogen) atoms. The minimum Gasteiger partial charge on any atom is -0.383 e. The number of hydrogen-bond acceptors (Lipinski definition) is 4. The Kier molecular flexibility index (Phi) is 10.0. The Morgan fingerprint density at radius 1 is 1.24 bits per heavy atom. The molecule has 0 aromatic carbocycles. The first-order valence-electron chi connectivity index (χ1n) is 7.63. The van der Waals surface area contributed by atoms with E-state index in [1.165, 1.54) is 37.4 Å². The summed E-state index contributed by atoms with van der Waals surface area (Å²) in [5.41, 5.74) is 6.10. The first-order chi connectivity index (χ1) is 9.79. The summed E-state index contributed by atoms with van der Waals surface area (Å²) in [5, 5.41) is 0. The van der Waals surface area contributed by atoms with Crippen LogP contribution < -0.4 is 5.73 Å². The smallest absolute Gasteiger partial charge is 0.191 e. The maximum atomic E-state index is 6.10. The largest absolute Gasteiger partial charge is 0.383 e. The van der Waals surface area contributed by atoms with Gasteiger partial charge < -0.3 is 20.3 Å². The number of hydrogen-bond donors (Lipinski definition) is 1. The van der Waals surface area contributed by atoms with Crippen molar-refractivity contribution in [1.29, 1.82) is 0 Å². The topological polar surface area (TPSA) is 54.1 Å². The Morgan fingerprint density at radius 2 is 1.90 bits per heavy atom. The van der Waals surface area contributed by atoms with Gasteiger partial charge >= 0.3 is 0 Å². The van der Waals surface area contributed by atoms with E-state index in [0.29, 0.717) is 5.92 Å². The molecule has 0 atom stereocenters. The minimum absolute atomic E-state index is 0. The van der Waals surface area contributed by atoms with Crippen molar-refractivity contribution in [1.82, 2.24) is 9.80 Å². The molecule has 0 spiro atoms. The van der Waals surface area contributed by atoms with Crippen LogP contribution in [0.5, 0.6) is 0 Å². The van der Waals surface area contributed by atoms with Gasteiger partial charge in [-0.2, -0.15) is 11.8 Å². The summed E-state index contributed by atoms with van der Waals surface area (Å²) < 4.78 is 5.13. The number of thioether (sulfide) groups is 1. The fourth-order valence-corrected chi connectivity index (χ4v) is 3.63. The molecule has 2 aliphatic rings. The lowest BCUT2D eigenvalue weighted by molar-refractivity contribution is 0.121. The Balaban J connectivity index is 0.00000220. The van der Waals surface area contributed by atoms with Crippen LogP contribution >= 0.6 is 35.7 Å².